The van der Waals surface area contributed by atoms with Crippen LogP contribution in [0.2, 0.25) is 0 Å². The third kappa shape index (κ3) is 7.27. The molecule has 0 unspecified atom stereocenters. The van der Waals surface area contributed by atoms with Gasteiger partial charge >= 0.3 is 6.03 Å². The van der Waals surface area contributed by atoms with Gasteiger partial charge in [0.05, 0.1) is 13.2 Å². The molecule has 0 radical (unpaired) electrons. The Morgan fingerprint density at radius 1 is 1.00 bits per heavy atom. The first-order valence-electron chi connectivity index (χ1n) is 8.81. The molecule has 2 aromatic carbocycles. The van der Waals surface area contributed by atoms with Crippen LogP contribution in [-0.4, -0.2) is 37.7 Å². The van der Waals surface area contributed by atoms with Crippen LogP contribution in [0.15, 0.2) is 54.6 Å². The lowest BCUT2D eigenvalue weighted by Crippen LogP contribution is -2.50. The third-order valence-corrected chi connectivity index (χ3v) is 3.72. The van der Waals surface area contributed by atoms with Gasteiger partial charge < -0.3 is 25.8 Å². The number of benzene rings is 2. The maximum Gasteiger partial charge on any atom is 0.312 e. The summed E-state index contributed by atoms with van der Waals surface area (Å²) in [5.74, 6) is 1.15. The molecule has 144 valence electrons. The number of nitrogens with one attached hydrogen (secondary N) is 2. The van der Waals surface area contributed by atoms with E-state index in [0.29, 0.717) is 31.9 Å². The van der Waals surface area contributed by atoms with Crippen molar-refractivity contribution in [3.05, 3.63) is 60.2 Å². The Kier molecular flexibility index (Phi) is 7.96. The number of nitrogens with two attached hydrogens (primary N) is 1. The summed E-state index contributed by atoms with van der Waals surface area (Å²) < 4.78 is 11.0. The Balaban J connectivity index is 1.79. The van der Waals surface area contributed by atoms with Crippen molar-refractivity contribution in [2.75, 3.05) is 19.8 Å². The number of ether oxygens (including phenoxy) is 2. The summed E-state index contributed by atoms with van der Waals surface area (Å²) in [5.41, 5.74) is 6.11. The van der Waals surface area contributed by atoms with Gasteiger partial charge in [-0.05, 0) is 36.8 Å². The van der Waals surface area contributed by atoms with E-state index in [2.05, 4.69) is 10.6 Å². The topological polar surface area (TPSA) is 103 Å². The molecule has 1 atom stereocenters. The summed E-state index contributed by atoms with van der Waals surface area (Å²) in [6, 6.07) is 15.2. The zero-order chi connectivity index (χ0) is 19.5. The summed E-state index contributed by atoms with van der Waals surface area (Å²) in [6.07, 6.45) is 0.357. The predicted octanol–water partition coefficient (Wildman–Crippen LogP) is 1.86. The number of hydrogen-bond acceptors (Lipinski definition) is 4. The zero-order valence-electron chi connectivity index (χ0n) is 15.3. The molecule has 0 aliphatic carbocycles. The second kappa shape index (κ2) is 10.7. The molecule has 4 N–H and O–H groups in total. The van der Waals surface area contributed by atoms with Gasteiger partial charge in [-0.2, -0.15) is 0 Å². The molecule has 7 nitrogen and oxygen atoms in total. The Morgan fingerprint density at radius 3 is 2.22 bits per heavy atom. The van der Waals surface area contributed by atoms with Crippen LogP contribution in [0.5, 0.6) is 11.5 Å². The lowest BCUT2D eigenvalue weighted by atomic mass is 10.1. The van der Waals surface area contributed by atoms with Crippen molar-refractivity contribution in [1.82, 2.24) is 10.6 Å². The van der Waals surface area contributed by atoms with Gasteiger partial charge in [0, 0.05) is 6.42 Å². The highest BCUT2D eigenvalue weighted by Crippen LogP contribution is 2.17. The molecule has 0 bridgehead atoms. The van der Waals surface area contributed by atoms with Crippen LogP contribution in [0.25, 0.3) is 0 Å². The first-order valence-corrected chi connectivity index (χ1v) is 8.81. The number of primary amides is 1. The number of carbonyl (C=O) groups is 2. The Bertz CT molecular complexity index is 720. The maximum atomic E-state index is 12.4. The molecule has 0 spiro atoms. The van der Waals surface area contributed by atoms with Crippen molar-refractivity contribution in [2.45, 2.75) is 19.4 Å². The van der Waals surface area contributed by atoms with E-state index in [4.69, 9.17) is 15.2 Å². The van der Waals surface area contributed by atoms with E-state index in [9.17, 15) is 9.59 Å². The number of carbonyl (C=O) groups excluding carboxylic acids is 2. The highest BCUT2D eigenvalue weighted by molar-refractivity contribution is 5.86. The normalized spacial score (nSPS) is 11.3. The molecular formula is C20H25N3O4. The number of urea groups is 1. The Hall–Kier alpha value is -3.22. The van der Waals surface area contributed by atoms with Crippen LogP contribution in [0.3, 0.4) is 0 Å². The highest BCUT2D eigenvalue weighted by Gasteiger charge is 2.19. The lowest BCUT2D eigenvalue weighted by Gasteiger charge is -2.17. The van der Waals surface area contributed by atoms with Crippen molar-refractivity contribution in [2.24, 2.45) is 5.73 Å². The monoisotopic (exact) mass is 371 g/mol. The number of hydrogen-bond donors (Lipinski definition) is 3. The molecule has 0 aliphatic heterocycles. The van der Waals surface area contributed by atoms with Crippen LogP contribution in [0.4, 0.5) is 4.79 Å². The highest BCUT2D eigenvalue weighted by atomic mass is 16.5. The molecule has 27 heavy (non-hydrogen) atoms. The van der Waals surface area contributed by atoms with Gasteiger partial charge in [-0.1, -0.05) is 30.3 Å². The van der Waals surface area contributed by atoms with Gasteiger partial charge in [-0.15, -0.1) is 0 Å². The number of rotatable bonds is 10. The van der Waals surface area contributed by atoms with Gasteiger partial charge in [0.2, 0.25) is 5.91 Å². The van der Waals surface area contributed by atoms with Gasteiger partial charge in [0.1, 0.15) is 24.1 Å². The van der Waals surface area contributed by atoms with E-state index in [1.54, 1.807) is 12.1 Å². The summed E-state index contributed by atoms with van der Waals surface area (Å²) in [4.78, 5) is 23.5. The van der Waals surface area contributed by atoms with Crippen molar-refractivity contribution in [3.8, 4) is 11.5 Å². The quantitative estimate of drug-likeness (QED) is 0.555. The molecule has 3 amide bonds. The smallest absolute Gasteiger partial charge is 0.312 e. The summed E-state index contributed by atoms with van der Waals surface area (Å²) >= 11 is 0. The summed E-state index contributed by atoms with van der Waals surface area (Å²) in [5, 5.41) is 5.23. The van der Waals surface area contributed by atoms with Gasteiger partial charge in [-0.25, -0.2) is 4.79 Å². The second-order valence-corrected chi connectivity index (χ2v) is 5.79. The molecule has 0 fully saturated rings. The molecule has 2 aromatic rings. The Labute approximate surface area is 158 Å². The van der Waals surface area contributed by atoms with Crippen LogP contribution < -0.4 is 25.8 Å². The fourth-order valence-corrected chi connectivity index (χ4v) is 2.50. The van der Waals surface area contributed by atoms with Crippen molar-refractivity contribution in [1.29, 1.82) is 0 Å². The predicted molar refractivity (Wildman–Crippen MR) is 103 cm³/mol. The van der Waals surface area contributed by atoms with Gasteiger partial charge in [0.25, 0.3) is 0 Å². The SMILES string of the molecule is CCOc1ccc(OCCNC(=O)[C@H](Cc2ccccc2)NC(N)=O)cc1. The molecule has 0 aliphatic rings. The Morgan fingerprint density at radius 2 is 1.63 bits per heavy atom. The summed E-state index contributed by atoms with van der Waals surface area (Å²) in [6.45, 7) is 3.13. The van der Waals surface area contributed by atoms with E-state index >= 15 is 0 Å². The standard InChI is InChI=1S/C20H25N3O4/c1-2-26-16-8-10-17(11-9-16)27-13-12-22-19(24)18(23-20(21)25)14-15-6-4-3-5-7-15/h3-11,18H,2,12-14H2,1H3,(H,22,24)(H3,21,23,25)/t18-/m0/s1. The van der Waals surface area contributed by atoms with E-state index in [-0.39, 0.29) is 5.91 Å². The minimum Gasteiger partial charge on any atom is -0.494 e. The molecule has 0 saturated carbocycles. The molecular weight excluding hydrogens is 346 g/mol. The largest absolute Gasteiger partial charge is 0.494 e. The van der Waals surface area contributed by atoms with Crippen molar-refractivity contribution in [3.63, 3.8) is 0 Å². The van der Waals surface area contributed by atoms with Crippen LogP contribution >= 0.6 is 0 Å². The van der Waals surface area contributed by atoms with E-state index in [0.717, 1.165) is 11.3 Å². The van der Waals surface area contributed by atoms with Crippen molar-refractivity contribution < 1.29 is 19.1 Å². The van der Waals surface area contributed by atoms with Gasteiger partial charge in [0.15, 0.2) is 0 Å². The molecule has 7 heteroatoms. The fraction of sp³-hybridized carbons (Fsp3) is 0.300. The molecule has 0 saturated heterocycles. The molecule has 0 aromatic heterocycles. The second-order valence-electron chi connectivity index (χ2n) is 5.79. The fourth-order valence-electron chi connectivity index (χ4n) is 2.50. The zero-order valence-corrected chi connectivity index (χ0v) is 15.3. The molecule has 2 rings (SSSR count). The van der Waals surface area contributed by atoms with E-state index < -0.39 is 12.1 Å². The average molecular weight is 371 g/mol. The van der Waals surface area contributed by atoms with Crippen LogP contribution in [0.1, 0.15) is 12.5 Å². The van der Waals surface area contributed by atoms with Crippen LogP contribution in [-0.2, 0) is 11.2 Å². The maximum absolute atomic E-state index is 12.4. The minimum absolute atomic E-state index is 0.300. The van der Waals surface area contributed by atoms with Crippen LogP contribution in [0, 0.1) is 0 Å². The summed E-state index contributed by atoms with van der Waals surface area (Å²) in [7, 11) is 0. The van der Waals surface area contributed by atoms with Gasteiger partial charge in [-0.3, -0.25) is 4.79 Å². The average Bonchev–Trinajstić information content (AvgIpc) is 2.66. The van der Waals surface area contributed by atoms with E-state index in [1.807, 2.05) is 49.4 Å². The molecule has 0 heterocycles. The lowest BCUT2D eigenvalue weighted by molar-refractivity contribution is -0.123. The third-order valence-electron chi connectivity index (χ3n) is 3.72. The van der Waals surface area contributed by atoms with E-state index in [1.165, 1.54) is 0 Å². The van der Waals surface area contributed by atoms with Crippen molar-refractivity contribution >= 4 is 11.9 Å². The first kappa shape index (κ1) is 20.1. The first-order chi connectivity index (χ1) is 13.1. The number of amides is 3. The minimum atomic E-state index is -0.740.